The molecule has 98 valence electrons. The maximum Gasteiger partial charge on any atom is 0.237 e. The molecule has 2 rings (SSSR count). The van der Waals surface area contributed by atoms with Gasteiger partial charge in [-0.1, -0.05) is 19.3 Å². The highest BCUT2D eigenvalue weighted by molar-refractivity contribution is 5.84. The van der Waals surface area contributed by atoms with E-state index in [0.717, 1.165) is 51.7 Å². The molecule has 0 radical (unpaired) electrons. The van der Waals surface area contributed by atoms with Crippen molar-refractivity contribution in [3.05, 3.63) is 0 Å². The first-order valence-corrected chi connectivity index (χ1v) is 6.89. The van der Waals surface area contributed by atoms with E-state index < -0.39 is 5.54 Å². The lowest BCUT2D eigenvalue weighted by molar-refractivity contribution is -0.126. The summed E-state index contributed by atoms with van der Waals surface area (Å²) < 4.78 is 5.68. The molecular weight excluding hydrogens is 216 g/mol. The number of nitrogens with one attached hydrogen (secondary N) is 1. The molecule has 1 heterocycles. The molecule has 0 aromatic rings. The number of carbonyl (C=O) groups excluding carboxylic acids is 1. The Labute approximate surface area is 103 Å². The maximum atomic E-state index is 11.7. The highest BCUT2D eigenvalue weighted by Gasteiger charge is 2.37. The summed E-state index contributed by atoms with van der Waals surface area (Å²) in [5.74, 6) is -0.187. The van der Waals surface area contributed by atoms with E-state index in [1.165, 1.54) is 12.8 Å². The monoisotopic (exact) mass is 240 g/mol. The lowest BCUT2D eigenvalue weighted by Crippen LogP contribution is -2.58. The highest BCUT2D eigenvalue weighted by atomic mass is 16.5. The van der Waals surface area contributed by atoms with E-state index >= 15 is 0 Å². The minimum atomic E-state index is -0.459. The Morgan fingerprint density at radius 1 is 1.24 bits per heavy atom. The zero-order valence-electron chi connectivity index (χ0n) is 10.5. The van der Waals surface area contributed by atoms with Crippen LogP contribution in [0.15, 0.2) is 0 Å². The van der Waals surface area contributed by atoms with Gasteiger partial charge in [0.25, 0.3) is 0 Å². The molecule has 1 saturated heterocycles. The third kappa shape index (κ3) is 3.19. The van der Waals surface area contributed by atoms with Crippen molar-refractivity contribution in [3.8, 4) is 0 Å². The van der Waals surface area contributed by atoms with Crippen LogP contribution in [0.3, 0.4) is 0 Å². The van der Waals surface area contributed by atoms with Crippen molar-refractivity contribution in [1.29, 1.82) is 0 Å². The second-order valence-corrected chi connectivity index (χ2v) is 5.38. The molecule has 2 fully saturated rings. The van der Waals surface area contributed by atoms with E-state index in [4.69, 9.17) is 10.5 Å². The fourth-order valence-electron chi connectivity index (χ4n) is 2.94. The largest absolute Gasteiger partial charge is 0.377 e. The lowest BCUT2D eigenvalue weighted by atomic mass is 9.81. The van der Waals surface area contributed by atoms with E-state index in [-0.39, 0.29) is 12.0 Å². The van der Waals surface area contributed by atoms with Gasteiger partial charge in [-0.3, -0.25) is 4.79 Å². The predicted molar refractivity (Wildman–Crippen MR) is 66.6 cm³/mol. The molecule has 1 saturated carbocycles. The van der Waals surface area contributed by atoms with Crippen molar-refractivity contribution in [2.75, 3.05) is 13.2 Å². The van der Waals surface area contributed by atoms with Crippen molar-refractivity contribution in [3.63, 3.8) is 0 Å². The van der Waals surface area contributed by atoms with Gasteiger partial charge in [-0.05, 0) is 32.1 Å². The molecule has 0 bridgehead atoms. The van der Waals surface area contributed by atoms with Crippen molar-refractivity contribution in [2.45, 2.75) is 63.0 Å². The van der Waals surface area contributed by atoms with Gasteiger partial charge in [0.1, 0.15) is 0 Å². The van der Waals surface area contributed by atoms with Gasteiger partial charge in [0.2, 0.25) is 5.91 Å². The van der Waals surface area contributed by atoms with E-state index in [1.807, 2.05) is 0 Å². The molecule has 0 spiro atoms. The quantitative estimate of drug-likeness (QED) is 0.779. The van der Waals surface area contributed by atoms with Crippen LogP contribution in [0.2, 0.25) is 0 Å². The summed E-state index contributed by atoms with van der Waals surface area (Å²) in [4.78, 5) is 11.7. The average Bonchev–Trinajstić information content (AvgIpc) is 2.38. The number of nitrogens with two attached hydrogens (primary N) is 1. The molecule has 2 aliphatic rings. The Hall–Kier alpha value is -0.610. The second kappa shape index (κ2) is 5.83. The number of primary amides is 1. The topological polar surface area (TPSA) is 64.4 Å². The summed E-state index contributed by atoms with van der Waals surface area (Å²) in [5, 5.41) is 3.40. The van der Waals surface area contributed by atoms with Gasteiger partial charge in [-0.15, -0.1) is 0 Å². The third-order valence-corrected chi connectivity index (χ3v) is 4.12. The highest BCUT2D eigenvalue weighted by Crippen LogP contribution is 2.28. The molecule has 1 amide bonds. The fourth-order valence-corrected chi connectivity index (χ4v) is 2.94. The van der Waals surface area contributed by atoms with Crippen LogP contribution in [0.1, 0.15) is 51.4 Å². The van der Waals surface area contributed by atoms with Crippen molar-refractivity contribution in [2.24, 2.45) is 5.73 Å². The Morgan fingerprint density at radius 2 is 2.00 bits per heavy atom. The maximum absolute atomic E-state index is 11.7. The summed E-state index contributed by atoms with van der Waals surface area (Å²) >= 11 is 0. The molecular formula is C13H24N2O2. The van der Waals surface area contributed by atoms with E-state index in [0.29, 0.717) is 0 Å². The summed E-state index contributed by atoms with van der Waals surface area (Å²) in [6, 6.07) is 0. The summed E-state index contributed by atoms with van der Waals surface area (Å²) in [5.41, 5.74) is 5.12. The van der Waals surface area contributed by atoms with Gasteiger partial charge >= 0.3 is 0 Å². The van der Waals surface area contributed by atoms with Gasteiger partial charge in [-0.25, -0.2) is 0 Å². The van der Waals surface area contributed by atoms with Gasteiger partial charge in [0, 0.05) is 13.2 Å². The molecule has 1 aliphatic carbocycles. The predicted octanol–water partition coefficient (Wildman–Crippen LogP) is 1.33. The standard InChI is InChI=1S/C13H24N2O2/c14-12(16)13(7-3-1-4-8-13)15-10-11-6-2-5-9-17-11/h11,15H,1-10H2,(H2,14,16)/t11-/m1/s1. The normalized spacial score (nSPS) is 28.8. The first-order chi connectivity index (χ1) is 8.23. The van der Waals surface area contributed by atoms with Crippen LogP contribution < -0.4 is 11.1 Å². The van der Waals surface area contributed by atoms with Crippen molar-refractivity contribution < 1.29 is 9.53 Å². The molecule has 4 nitrogen and oxygen atoms in total. The van der Waals surface area contributed by atoms with Crippen LogP contribution in [0.5, 0.6) is 0 Å². The Balaban J connectivity index is 1.86. The number of amides is 1. The summed E-state index contributed by atoms with van der Waals surface area (Å²) in [6.45, 7) is 1.62. The average molecular weight is 240 g/mol. The van der Waals surface area contributed by atoms with Gasteiger partial charge < -0.3 is 15.8 Å². The Morgan fingerprint density at radius 3 is 2.59 bits per heavy atom. The van der Waals surface area contributed by atoms with E-state index in [9.17, 15) is 4.79 Å². The fraction of sp³-hybridized carbons (Fsp3) is 0.923. The van der Waals surface area contributed by atoms with Gasteiger partial charge in [0.15, 0.2) is 0 Å². The van der Waals surface area contributed by atoms with Gasteiger partial charge in [0.05, 0.1) is 11.6 Å². The molecule has 1 atom stereocenters. The van der Waals surface area contributed by atoms with Crippen LogP contribution in [-0.4, -0.2) is 30.7 Å². The molecule has 17 heavy (non-hydrogen) atoms. The van der Waals surface area contributed by atoms with Crippen LogP contribution in [0.25, 0.3) is 0 Å². The number of rotatable bonds is 4. The molecule has 3 N–H and O–H groups in total. The van der Waals surface area contributed by atoms with Crippen molar-refractivity contribution >= 4 is 5.91 Å². The molecule has 1 aliphatic heterocycles. The van der Waals surface area contributed by atoms with E-state index in [2.05, 4.69) is 5.32 Å². The molecule has 4 heteroatoms. The van der Waals surface area contributed by atoms with Crippen LogP contribution in [0.4, 0.5) is 0 Å². The number of carbonyl (C=O) groups is 1. The number of ether oxygens (including phenoxy) is 1. The third-order valence-electron chi connectivity index (χ3n) is 4.12. The van der Waals surface area contributed by atoms with Crippen LogP contribution in [-0.2, 0) is 9.53 Å². The summed E-state index contributed by atoms with van der Waals surface area (Å²) in [6.07, 6.45) is 8.95. The van der Waals surface area contributed by atoms with Crippen molar-refractivity contribution in [1.82, 2.24) is 5.32 Å². The first-order valence-electron chi connectivity index (χ1n) is 6.89. The zero-order valence-corrected chi connectivity index (χ0v) is 10.5. The Kier molecular flexibility index (Phi) is 4.40. The van der Waals surface area contributed by atoms with Gasteiger partial charge in [-0.2, -0.15) is 0 Å². The Bertz CT molecular complexity index is 256. The molecule has 0 aromatic heterocycles. The van der Waals surface area contributed by atoms with Crippen LogP contribution >= 0.6 is 0 Å². The SMILES string of the molecule is NC(=O)C1(NC[C@H]2CCCCO2)CCCCC1. The molecule has 0 unspecified atom stereocenters. The minimum absolute atomic E-state index is 0.187. The smallest absolute Gasteiger partial charge is 0.237 e. The number of hydrogen-bond donors (Lipinski definition) is 2. The first kappa shape index (κ1) is 12.8. The molecule has 0 aromatic carbocycles. The summed E-state index contributed by atoms with van der Waals surface area (Å²) in [7, 11) is 0. The van der Waals surface area contributed by atoms with Crippen LogP contribution in [0, 0.1) is 0 Å². The number of hydrogen-bond acceptors (Lipinski definition) is 3. The zero-order chi connectivity index (χ0) is 12.1. The second-order valence-electron chi connectivity index (χ2n) is 5.38. The lowest BCUT2D eigenvalue weighted by Gasteiger charge is -2.37. The minimum Gasteiger partial charge on any atom is -0.377 e. The van der Waals surface area contributed by atoms with E-state index in [1.54, 1.807) is 0 Å².